The van der Waals surface area contributed by atoms with Gasteiger partial charge < -0.3 is 9.73 Å². The number of amides is 1. The largest absolute Gasteiger partial charge is 0.436 e. The molecule has 0 atom stereocenters. The molecule has 0 unspecified atom stereocenters. The van der Waals surface area contributed by atoms with E-state index in [1.54, 1.807) is 0 Å². The summed E-state index contributed by atoms with van der Waals surface area (Å²) in [6.45, 7) is 1.91. The van der Waals surface area contributed by atoms with Crippen LogP contribution in [0.25, 0.3) is 22.6 Å². The molecule has 4 nitrogen and oxygen atoms in total. The summed E-state index contributed by atoms with van der Waals surface area (Å²) in [4.78, 5) is 15.9. The first-order valence-electron chi connectivity index (χ1n) is 6.50. The molecule has 0 saturated heterocycles. The van der Waals surface area contributed by atoms with Crippen LogP contribution >= 0.6 is 11.6 Å². The molecule has 0 saturated carbocycles. The first-order valence-corrected chi connectivity index (χ1v) is 7.04. The van der Waals surface area contributed by atoms with Gasteiger partial charge in [0.2, 0.25) is 11.8 Å². The van der Waals surface area contributed by atoms with Crippen LogP contribution in [0, 0.1) is 6.92 Å². The molecule has 0 radical (unpaired) electrons. The van der Waals surface area contributed by atoms with E-state index in [4.69, 9.17) is 16.0 Å². The van der Waals surface area contributed by atoms with Gasteiger partial charge in [-0.05, 0) is 36.8 Å². The van der Waals surface area contributed by atoms with Gasteiger partial charge in [0.1, 0.15) is 11.4 Å². The molecule has 0 aliphatic carbocycles. The van der Waals surface area contributed by atoms with Gasteiger partial charge in [0, 0.05) is 11.3 Å². The van der Waals surface area contributed by atoms with Crippen molar-refractivity contribution in [2.24, 2.45) is 0 Å². The fourth-order valence-electron chi connectivity index (χ4n) is 2.17. The summed E-state index contributed by atoms with van der Waals surface area (Å²) in [5.41, 5.74) is 3.99. The second-order valence-corrected chi connectivity index (χ2v) is 4.91. The Morgan fingerprint density at radius 3 is 2.81 bits per heavy atom. The van der Waals surface area contributed by atoms with Gasteiger partial charge in [-0.25, -0.2) is 4.98 Å². The topological polar surface area (TPSA) is 55.1 Å². The highest BCUT2D eigenvalue weighted by atomic mass is 35.5. The van der Waals surface area contributed by atoms with Crippen molar-refractivity contribution in [3.8, 4) is 11.5 Å². The fraction of sp³-hybridized carbons (Fsp3) is 0.125. The van der Waals surface area contributed by atoms with Crippen molar-refractivity contribution < 1.29 is 9.21 Å². The summed E-state index contributed by atoms with van der Waals surface area (Å²) in [7, 11) is 0. The lowest BCUT2D eigenvalue weighted by atomic mass is 10.1. The molecule has 5 heteroatoms. The predicted molar refractivity (Wildman–Crippen MR) is 83.5 cm³/mol. The number of fused-ring (bicyclic) bond motifs is 1. The number of carbonyl (C=O) groups is 1. The summed E-state index contributed by atoms with van der Waals surface area (Å²) in [6.07, 6.45) is 0. The summed E-state index contributed by atoms with van der Waals surface area (Å²) < 4.78 is 5.77. The summed E-state index contributed by atoms with van der Waals surface area (Å²) in [5.74, 6) is 0.220. The Morgan fingerprint density at radius 1 is 1.24 bits per heavy atom. The van der Waals surface area contributed by atoms with Crippen molar-refractivity contribution in [1.82, 2.24) is 4.98 Å². The van der Waals surface area contributed by atoms with E-state index in [2.05, 4.69) is 10.3 Å². The van der Waals surface area contributed by atoms with Gasteiger partial charge in [0.25, 0.3) is 0 Å². The molecular formula is C16H13ClN2O2. The molecule has 1 heterocycles. The Bertz CT molecular complexity index is 778. The van der Waals surface area contributed by atoms with Gasteiger partial charge in [0.15, 0.2) is 5.58 Å². The number of oxazole rings is 1. The van der Waals surface area contributed by atoms with Crippen molar-refractivity contribution in [2.45, 2.75) is 6.92 Å². The highest BCUT2D eigenvalue weighted by Crippen LogP contribution is 2.30. The van der Waals surface area contributed by atoms with Crippen molar-refractivity contribution >= 4 is 34.3 Å². The lowest BCUT2D eigenvalue weighted by Gasteiger charge is -2.09. The van der Waals surface area contributed by atoms with Crippen molar-refractivity contribution in [2.75, 3.05) is 11.2 Å². The molecule has 106 valence electrons. The SMILES string of the molecule is Cc1c(NC(=O)CCl)cccc1-c1nc2ccccc2o1. The van der Waals surface area contributed by atoms with Crippen LogP contribution in [0.2, 0.25) is 0 Å². The normalized spacial score (nSPS) is 10.8. The van der Waals surface area contributed by atoms with E-state index >= 15 is 0 Å². The van der Waals surface area contributed by atoms with E-state index in [1.165, 1.54) is 0 Å². The number of aromatic nitrogens is 1. The summed E-state index contributed by atoms with van der Waals surface area (Å²) in [5, 5.41) is 2.76. The molecule has 0 spiro atoms. The minimum absolute atomic E-state index is 0.0768. The third kappa shape index (κ3) is 2.62. The van der Waals surface area contributed by atoms with Crippen molar-refractivity contribution in [1.29, 1.82) is 0 Å². The number of anilines is 1. The van der Waals surface area contributed by atoms with Gasteiger partial charge in [-0.1, -0.05) is 18.2 Å². The van der Waals surface area contributed by atoms with E-state index in [0.29, 0.717) is 11.6 Å². The number of hydrogen-bond donors (Lipinski definition) is 1. The molecule has 0 fully saturated rings. The van der Waals surface area contributed by atoms with Gasteiger partial charge in [-0.15, -0.1) is 11.6 Å². The van der Waals surface area contributed by atoms with Crippen LogP contribution in [0.4, 0.5) is 5.69 Å². The number of rotatable bonds is 3. The molecule has 2 aromatic carbocycles. The van der Waals surface area contributed by atoms with Gasteiger partial charge in [0.05, 0.1) is 0 Å². The van der Waals surface area contributed by atoms with Crippen LogP contribution in [-0.2, 0) is 4.79 Å². The second kappa shape index (κ2) is 5.58. The number of nitrogens with zero attached hydrogens (tertiary/aromatic N) is 1. The highest BCUT2D eigenvalue weighted by Gasteiger charge is 2.13. The van der Waals surface area contributed by atoms with Gasteiger partial charge >= 0.3 is 0 Å². The number of nitrogens with one attached hydrogen (secondary N) is 1. The first kappa shape index (κ1) is 13.6. The van der Waals surface area contributed by atoms with Crippen molar-refractivity contribution in [3.05, 3.63) is 48.0 Å². The highest BCUT2D eigenvalue weighted by molar-refractivity contribution is 6.29. The minimum Gasteiger partial charge on any atom is -0.436 e. The maximum absolute atomic E-state index is 11.4. The van der Waals surface area contributed by atoms with E-state index in [1.807, 2.05) is 49.4 Å². The van der Waals surface area contributed by atoms with Crippen LogP contribution in [0.5, 0.6) is 0 Å². The van der Waals surface area contributed by atoms with Crippen LogP contribution in [0.1, 0.15) is 5.56 Å². The second-order valence-electron chi connectivity index (χ2n) is 4.65. The van der Waals surface area contributed by atoms with E-state index < -0.39 is 0 Å². The minimum atomic E-state index is -0.241. The quantitative estimate of drug-likeness (QED) is 0.744. The van der Waals surface area contributed by atoms with Gasteiger partial charge in [-0.3, -0.25) is 4.79 Å². The number of alkyl halides is 1. The molecule has 0 aliphatic rings. The molecule has 3 aromatic rings. The zero-order valence-corrected chi connectivity index (χ0v) is 12.1. The number of para-hydroxylation sites is 2. The van der Waals surface area contributed by atoms with Gasteiger partial charge in [-0.2, -0.15) is 0 Å². The number of benzene rings is 2. The molecular weight excluding hydrogens is 288 g/mol. The smallest absolute Gasteiger partial charge is 0.239 e. The zero-order chi connectivity index (χ0) is 14.8. The molecule has 1 amide bonds. The van der Waals surface area contributed by atoms with E-state index in [-0.39, 0.29) is 11.8 Å². The maximum atomic E-state index is 11.4. The maximum Gasteiger partial charge on any atom is 0.239 e. The van der Waals surface area contributed by atoms with Crippen LogP contribution in [0.15, 0.2) is 46.9 Å². The molecule has 1 N–H and O–H groups in total. The average molecular weight is 301 g/mol. The lowest BCUT2D eigenvalue weighted by molar-refractivity contribution is -0.113. The molecule has 3 rings (SSSR count). The molecule has 1 aromatic heterocycles. The zero-order valence-electron chi connectivity index (χ0n) is 11.4. The Labute approximate surface area is 126 Å². The van der Waals surface area contributed by atoms with E-state index in [9.17, 15) is 4.79 Å². The Kier molecular flexibility index (Phi) is 3.62. The van der Waals surface area contributed by atoms with E-state index in [0.717, 1.165) is 22.2 Å². The third-order valence-corrected chi connectivity index (χ3v) is 3.50. The first-order chi connectivity index (χ1) is 10.2. The molecule has 0 bridgehead atoms. The summed E-state index contributed by atoms with van der Waals surface area (Å²) >= 11 is 5.52. The van der Waals surface area contributed by atoms with Crippen LogP contribution < -0.4 is 5.32 Å². The monoisotopic (exact) mass is 300 g/mol. The molecule has 21 heavy (non-hydrogen) atoms. The third-order valence-electron chi connectivity index (χ3n) is 3.25. The number of carbonyl (C=O) groups excluding carboxylic acids is 1. The molecule has 0 aliphatic heterocycles. The number of hydrogen-bond acceptors (Lipinski definition) is 3. The van der Waals surface area contributed by atoms with Crippen LogP contribution in [-0.4, -0.2) is 16.8 Å². The van der Waals surface area contributed by atoms with Crippen LogP contribution in [0.3, 0.4) is 0 Å². The standard InChI is InChI=1S/C16H13ClN2O2/c1-10-11(5-4-7-12(10)18-15(20)9-17)16-19-13-6-2-3-8-14(13)21-16/h2-8H,9H2,1H3,(H,18,20). The fourth-order valence-corrected chi connectivity index (χ4v) is 2.24. The summed E-state index contributed by atoms with van der Waals surface area (Å²) in [6, 6.07) is 13.2. The Hall–Kier alpha value is -2.33. The predicted octanol–water partition coefficient (Wildman–Crippen LogP) is 3.98. The van der Waals surface area contributed by atoms with Crippen molar-refractivity contribution in [3.63, 3.8) is 0 Å². The lowest BCUT2D eigenvalue weighted by Crippen LogP contribution is -2.13. The number of halogens is 1. The Balaban J connectivity index is 2.05. The Morgan fingerprint density at radius 2 is 2.05 bits per heavy atom. The average Bonchev–Trinajstić information content (AvgIpc) is 2.92.